The SMILES string of the molecule is COc1ccc(C)cc1NC(=O)Nc1ccc(N2CCN(C(=O)NCc3ccccc3)CC2)cc1. The number of methoxy groups -OCH3 is 1. The lowest BCUT2D eigenvalue weighted by molar-refractivity contribution is 0.194. The largest absolute Gasteiger partial charge is 0.495 e. The predicted octanol–water partition coefficient (Wildman–Crippen LogP) is 4.68. The molecule has 0 aliphatic carbocycles. The molecule has 0 unspecified atom stereocenters. The topological polar surface area (TPSA) is 85.9 Å². The predicted molar refractivity (Wildman–Crippen MR) is 139 cm³/mol. The highest BCUT2D eigenvalue weighted by molar-refractivity contribution is 6.00. The van der Waals surface area contributed by atoms with Crippen LogP contribution in [0.15, 0.2) is 72.8 Å². The van der Waals surface area contributed by atoms with Crippen LogP contribution in [0.5, 0.6) is 5.75 Å². The number of carbonyl (C=O) groups excluding carboxylic acids is 2. The highest BCUT2D eigenvalue weighted by atomic mass is 16.5. The van der Waals surface area contributed by atoms with Gasteiger partial charge in [-0.15, -0.1) is 0 Å². The summed E-state index contributed by atoms with van der Waals surface area (Å²) in [6.45, 7) is 5.29. The van der Waals surface area contributed by atoms with Crippen LogP contribution >= 0.6 is 0 Å². The number of anilines is 3. The number of ether oxygens (including phenoxy) is 1. The Labute approximate surface area is 205 Å². The van der Waals surface area contributed by atoms with Crippen molar-refractivity contribution in [3.05, 3.63) is 83.9 Å². The number of amides is 4. The third-order valence-electron chi connectivity index (χ3n) is 5.95. The summed E-state index contributed by atoms with van der Waals surface area (Å²) in [5.41, 5.74) is 4.48. The molecule has 35 heavy (non-hydrogen) atoms. The van der Waals surface area contributed by atoms with Gasteiger partial charge in [-0.05, 0) is 54.4 Å². The van der Waals surface area contributed by atoms with Gasteiger partial charge in [-0.1, -0.05) is 36.4 Å². The van der Waals surface area contributed by atoms with Crippen molar-refractivity contribution in [3.63, 3.8) is 0 Å². The Balaban J connectivity index is 1.25. The molecule has 0 atom stereocenters. The Hall–Kier alpha value is -4.20. The second-order valence-corrected chi connectivity index (χ2v) is 8.45. The summed E-state index contributed by atoms with van der Waals surface area (Å²) in [4.78, 5) is 29.0. The average molecular weight is 474 g/mol. The number of nitrogens with one attached hydrogen (secondary N) is 3. The monoisotopic (exact) mass is 473 g/mol. The molecule has 0 bridgehead atoms. The Morgan fingerprint density at radius 2 is 1.60 bits per heavy atom. The molecule has 0 saturated carbocycles. The van der Waals surface area contributed by atoms with Crippen molar-refractivity contribution in [1.82, 2.24) is 10.2 Å². The molecule has 8 nitrogen and oxygen atoms in total. The van der Waals surface area contributed by atoms with Gasteiger partial charge in [0.25, 0.3) is 0 Å². The lowest BCUT2D eigenvalue weighted by Crippen LogP contribution is -2.51. The minimum atomic E-state index is -0.336. The van der Waals surface area contributed by atoms with Gasteiger partial charge in [-0.25, -0.2) is 9.59 Å². The Morgan fingerprint density at radius 1 is 0.886 bits per heavy atom. The second-order valence-electron chi connectivity index (χ2n) is 8.45. The summed E-state index contributed by atoms with van der Waals surface area (Å²) in [5, 5.41) is 8.68. The van der Waals surface area contributed by atoms with Crippen LogP contribution in [0.1, 0.15) is 11.1 Å². The van der Waals surface area contributed by atoms with E-state index in [0.29, 0.717) is 36.8 Å². The number of rotatable bonds is 6. The zero-order valence-corrected chi connectivity index (χ0v) is 20.1. The van der Waals surface area contributed by atoms with Gasteiger partial charge in [0.05, 0.1) is 12.8 Å². The van der Waals surface area contributed by atoms with E-state index in [2.05, 4.69) is 20.9 Å². The van der Waals surface area contributed by atoms with Crippen molar-refractivity contribution < 1.29 is 14.3 Å². The molecule has 0 radical (unpaired) electrons. The van der Waals surface area contributed by atoms with Crippen LogP contribution in [0.2, 0.25) is 0 Å². The summed E-state index contributed by atoms with van der Waals surface area (Å²) in [7, 11) is 1.57. The van der Waals surface area contributed by atoms with Gasteiger partial charge in [-0.3, -0.25) is 0 Å². The summed E-state index contributed by atoms with van der Waals surface area (Å²) in [6.07, 6.45) is 0. The van der Waals surface area contributed by atoms with Gasteiger partial charge in [0.15, 0.2) is 0 Å². The minimum absolute atomic E-state index is 0.0377. The Morgan fingerprint density at radius 3 is 2.29 bits per heavy atom. The number of benzene rings is 3. The lowest BCUT2D eigenvalue weighted by atomic mass is 10.2. The highest BCUT2D eigenvalue weighted by Crippen LogP contribution is 2.26. The van der Waals surface area contributed by atoms with Crippen molar-refractivity contribution >= 4 is 29.1 Å². The van der Waals surface area contributed by atoms with Crippen LogP contribution in [-0.4, -0.2) is 50.3 Å². The van der Waals surface area contributed by atoms with Crippen molar-refractivity contribution in [2.75, 3.05) is 48.8 Å². The number of aryl methyl sites for hydroxylation is 1. The first-order valence-corrected chi connectivity index (χ1v) is 11.7. The third kappa shape index (κ3) is 6.44. The molecule has 4 amide bonds. The van der Waals surface area contributed by atoms with E-state index in [1.807, 2.05) is 84.6 Å². The zero-order valence-electron chi connectivity index (χ0n) is 20.1. The van der Waals surface area contributed by atoms with Gasteiger partial charge in [0, 0.05) is 44.1 Å². The van der Waals surface area contributed by atoms with E-state index in [9.17, 15) is 9.59 Å². The smallest absolute Gasteiger partial charge is 0.323 e. The summed E-state index contributed by atoms with van der Waals surface area (Å²) >= 11 is 0. The quantitative estimate of drug-likeness (QED) is 0.485. The van der Waals surface area contributed by atoms with E-state index in [1.165, 1.54) is 0 Å². The first-order chi connectivity index (χ1) is 17.0. The third-order valence-corrected chi connectivity index (χ3v) is 5.95. The molecule has 1 fully saturated rings. The summed E-state index contributed by atoms with van der Waals surface area (Å²) < 4.78 is 5.31. The van der Waals surface area contributed by atoms with Gasteiger partial charge >= 0.3 is 12.1 Å². The fourth-order valence-corrected chi connectivity index (χ4v) is 4.01. The molecule has 1 aliphatic heterocycles. The maximum absolute atomic E-state index is 12.5. The van der Waals surface area contributed by atoms with Crippen LogP contribution in [0.3, 0.4) is 0 Å². The van der Waals surface area contributed by atoms with Crippen molar-refractivity contribution in [3.8, 4) is 5.75 Å². The number of piperazine rings is 1. The van der Waals surface area contributed by atoms with Gasteiger partial charge in [0.2, 0.25) is 0 Å². The molecule has 1 saturated heterocycles. The van der Waals surface area contributed by atoms with Gasteiger partial charge < -0.3 is 30.5 Å². The fraction of sp³-hybridized carbons (Fsp3) is 0.259. The van der Waals surface area contributed by atoms with E-state index in [4.69, 9.17) is 4.74 Å². The van der Waals surface area contributed by atoms with E-state index < -0.39 is 0 Å². The molecule has 3 aromatic rings. The maximum atomic E-state index is 12.5. The molecular weight excluding hydrogens is 442 g/mol. The molecule has 1 aliphatic rings. The summed E-state index contributed by atoms with van der Waals surface area (Å²) in [6, 6.07) is 22.9. The van der Waals surface area contributed by atoms with Crippen molar-refractivity contribution in [2.24, 2.45) is 0 Å². The van der Waals surface area contributed by atoms with Crippen LogP contribution in [0.25, 0.3) is 0 Å². The highest BCUT2D eigenvalue weighted by Gasteiger charge is 2.21. The number of nitrogens with zero attached hydrogens (tertiary/aromatic N) is 2. The molecule has 1 heterocycles. The molecular formula is C27H31N5O3. The molecule has 0 spiro atoms. The number of hydrogen-bond acceptors (Lipinski definition) is 4. The van der Waals surface area contributed by atoms with Crippen molar-refractivity contribution in [1.29, 1.82) is 0 Å². The fourth-order valence-electron chi connectivity index (χ4n) is 4.01. The summed E-state index contributed by atoms with van der Waals surface area (Å²) in [5.74, 6) is 0.606. The number of urea groups is 2. The van der Waals surface area contributed by atoms with Gasteiger partial charge in [-0.2, -0.15) is 0 Å². The molecule has 8 heteroatoms. The maximum Gasteiger partial charge on any atom is 0.323 e. The Kier molecular flexibility index (Phi) is 7.72. The lowest BCUT2D eigenvalue weighted by Gasteiger charge is -2.36. The molecule has 182 valence electrons. The van der Waals surface area contributed by atoms with E-state index in [0.717, 1.165) is 29.9 Å². The minimum Gasteiger partial charge on any atom is -0.495 e. The molecule has 0 aromatic heterocycles. The molecule has 3 N–H and O–H groups in total. The molecule has 3 aromatic carbocycles. The van der Waals surface area contributed by atoms with E-state index in [1.54, 1.807) is 7.11 Å². The van der Waals surface area contributed by atoms with Crippen LogP contribution in [-0.2, 0) is 6.54 Å². The number of carbonyl (C=O) groups is 2. The first-order valence-electron chi connectivity index (χ1n) is 11.7. The zero-order chi connectivity index (χ0) is 24.6. The van der Waals surface area contributed by atoms with Crippen LogP contribution < -0.4 is 25.6 Å². The average Bonchev–Trinajstić information content (AvgIpc) is 2.88. The van der Waals surface area contributed by atoms with Crippen molar-refractivity contribution in [2.45, 2.75) is 13.5 Å². The number of hydrogen-bond donors (Lipinski definition) is 3. The van der Waals surface area contributed by atoms with Crippen LogP contribution in [0, 0.1) is 6.92 Å². The molecule has 4 rings (SSSR count). The normalized spacial score (nSPS) is 13.2. The van der Waals surface area contributed by atoms with Gasteiger partial charge in [0.1, 0.15) is 5.75 Å². The second kappa shape index (κ2) is 11.3. The Bertz CT molecular complexity index is 1140. The van der Waals surface area contributed by atoms with E-state index in [-0.39, 0.29) is 12.1 Å². The van der Waals surface area contributed by atoms with Crippen LogP contribution in [0.4, 0.5) is 26.7 Å². The first kappa shape index (κ1) is 23.9. The van der Waals surface area contributed by atoms with E-state index >= 15 is 0 Å². The standard InChI is InChI=1S/C27H31N5O3/c1-20-8-13-25(35-2)24(18-20)30-26(33)29-22-9-11-23(12-10-22)31-14-16-32(17-15-31)27(34)28-19-21-6-4-3-5-7-21/h3-13,18H,14-17,19H2,1-2H3,(H,28,34)(H2,29,30,33).